The number of benzene rings is 8. The van der Waals surface area contributed by atoms with Crippen molar-refractivity contribution >= 4 is 21.8 Å². The number of hydrogen-bond donors (Lipinski definition) is 0. The second-order valence-electron chi connectivity index (χ2n) is 16.4. The zero-order chi connectivity index (χ0) is 37.1. The fourth-order valence-electron chi connectivity index (χ4n) is 9.67. The van der Waals surface area contributed by atoms with Gasteiger partial charge in [0, 0.05) is 22.1 Å². The van der Waals surface area contributed by atoms with Crippen LogP contribution in [0.25, 0.3) is 83.4 Å². The van der Waals surface area contributed by atoms with Gasteiger partial charge in [0.15, 0.2) is 0 Å². The molecule has 8 aromatic carbocycles. The Morgan fingerprint density at radius 1 is 0.400 bits per heavy atom. The summed E-state index contributed by atoms with van der Waals surface area (Å²) >= 11 is 0. The molecule has 2 heteroatoms. The van der Waals surface area contributed by atoms with E-state index in [1.807, 2.05) is 0 Å². The van der Waals surface area contributed by atoms with Gasteiger partial charge >= 0.3 is 0 Å². The van der Waals surface area contributed by atoms with Crippen LogP contribution in [0.3, 0.4) is 0 Å². The molecule has 0 saturated heterocycles. The van der Waals surface area contributed by atoms with Crippen LogP contribution in [-0.2, 0) is 10.8 Å². The monoisotopic (exact) mass is 704 g/mol. The first-order valence-electron chi connectivity index (χ1n) is 19.4. The molecule has 0 amide bonds. The highest BCUT2D eigenvalue weighted by molar-refractivity contribution is 5.98. The molecule has 11 rings (SSSR count). The third-order valence-corrected chi connectivity index (χ3v) is 12.6. The van der Waals surface area contributed by atoms with Crippen LogP contribution >= 0.6 is 0 Å². The third kappa shape index (κ3) is 4.64. The summed E-state index contributed by atoms with van der Waals surface area (Å²) in [5.41, 5.74) is 20.1. The van der Waals surface area contributed by atoms with E-state index in [1.54, 1.807) is 0 Å². The molecule has 0 atom stereocenters. The van der Waals surface area contributed by atoms with Gasteiger partial charge in [0.05, 0.1) is 11.0 Å². The summed E-state index contributed by atoms with van der Waals surface area (Å²) in [6.07, 6.45) is 0. The second-order valence-corrected chi connectivity index (χ2v) is 16.4. The molecule has 9 aromatic rings. The molecule has 55 heavy (non-hydrogen) atoms. The maximum Gasteiger partial charge on any atom is 0.145 e. The van der Waals surface area contributed by atoms with Gasteiger partial charge in [-0.15, -0.1) is 0 Å². The van der Waals surface area contributed by atoms with Gasteiger partial charge in [-0.25, -0.2) is 4.98 Å². The van der Waals surface area contributed by atoms with Gasteiger partial charge in [-0.3, -0.25) is 4.57 Å². The second kappa shape index (κ2) is 11.5. The maximum absolute atomic E-state index is 5.24. The first-order valence-corrected chi connectivity index (χ1v) is 19.4. The van der Waals surface area contributed by atoms with Gasteiger partial charge in [-0.2, -0.15) is 0 Å². The van der Waals surface area contributed by atoms with E-state index >= 15 is 0 Å². The molecule has 0 bridgehead atoms. The predicted molar refractivity (Wildman–Crippen MR) is 230 cm³/mol. The Labute approximate surface area is 322 Å². The Bertz CT molecular complexity index is 3010. The predicted octanol–water partition coefficient (Wildman–Crippen LogP) is 13.8. The lowest BCUT2D eigenvalue weighted by Gasteiger charge is -2.24. The van der Waals surface area contributed by atoms with Crippen LogP contribution in [0.4, 0.5) is 0 Å². The minimum atomic E-state index is -0.148. The van der Waals surface area contributed by atoms with Gasteiger partial charge in [0.1, 0.15) is 5.82 Å². The molecular formula is C53H40N2. The summed E-state index contributed by atoms with van der Waals surface area (Å²) in [6.45, 7) is 9.60. The van der Waals surface area contributed by atoms with Crippen molar-refractivity contribution in [3.05, 3.63) is 192 Å². The average Bonchev–Trinajstić information content (AvgIpc) is 3.79. The Kier molecular flexibility index (Phi) is 6.68. The smallest absolute Gasteiger partial charge is 0.145 e. The zero-order valence-corrected chi connectivity index (χ0v) is 31.6. The lowest BCUT2D eigenvalue weighted by Crippen LogP contribution is -2.17. The van der Waals surface area contributed by atoms with Crippen molar-refractivity contribution in [2.45, 2.75) is 38.5 Å². The van der Waals surface area contributed by atoms with Crippen LogP contribution < -0.4 is 0 Å². The summed E-state index contributed by atoms with van der Waals surface area (Å²) in [6, 6.07) is 62.5. The molecule has 1 heterocycles. The highest BCUT2D eigenvalue weighted by atomic mass is 15.1. The van der Waals surface area contributed by atoms with Crippen molar-refractivity contribution in [2.75, 3.05) is 0 Å². The quantitative estimate of drug-likeness (QED) is 0.178. The number of imidazole rings is 1. The Morgan fingerprint density at radius 3 is 1.65 bits per heavy atom. The van der Waals surface area contributed by atoms with E-state index in [0.29, 0.717) is 0 Å². The van der Waals surface area contributed by atoms with Crippen LogP contribution in [-0.4, -0.2) is 9.55 Å². The van der Waals surface area contributed by atoms with E-state index < -0.39 is 0 Å². The zero-order valence-electron chi connectivity index (χ0n) is 31.6. The van der Waals surface area contributed by atoms with E-state index in [9.17, 15) is 0 Å². The van der Waals surface area contributed by atoms with E-state index in [0.717, 1.165) is 28.1 Å². The van der Waals surface area contributed by atoms with Crippen molar-refractivity contribution in [1.82, 2.24) is 9.55 Å². The lowest BCUT2D eigenvalue weighted by atomic mass is 9.79. The number of para-hydroxylation sites is 1. The SMILES string of the molecule is CC1(C)c2cc(-c3ccc4c(c3)nc(-c3ccccc3)n4-c3ccccc3)ccc2-c2cc3c(cc21)-c1ccc(-c2cccc4ccccc24)cc1C3(C)C. The molecule has 2 nitrogen and oxygen atoms in total. The van der Waals surface area contributed by atoms with Crippen molar-refractivity contribution < 1.29 is 0 Å². The van der Waals surface area contributed by atoms with Gasteiger partial charge in [-0.1, -0.05) is 149 Å². The minimum Gasteiger partial charge on any atom is -0.292 e. The molecule has 0 spiro atoms. The molecular weight excluding hydrogens is 665 g/mol. The van der Waals surface area contributed by atoms with E-state index in [-0.39, 0.29) is 10.8 Å². The molecule has 2 aliphatic carbocycles. The Hall–Kier alpha value is -6.51. The number of aromatic nitrogens is 2. The van der Waals surface area contributed by atoms with Crippen LogP contribution in [0.5, 0.6) is 0 Å². The molecule has 0 aliphatic heterocycles. The van der Waals surface area contributed by atoms with Crippen LogP contribution in [0.1, 0.15) is 49.9 Å². The fourth-order valence-corrected chi connectivity index (χ4v) is 9.67. The molecule has 0 saturated carbocycles. The largest absolute Gasteiger partial charge is 0.292 e. The number of nitrogens with zero attached hydrogens (tertiary/aromatic N) is 2. The van der Waals surface area contributed by atoms with Gasteiger partial charge in [0.25, 0.3) is 0 Å². The van der Waals surface area contributed by atoms with Crippen molar-refractivity contribution in [1.29, 1.82) is 0 Å². The highest BCUT2D eigenvalue weighted by Gasteiger charge is 2.42. The Balaban J connectivity index is 0.993. The van der Waals surface area contributed by atoms with Crippen LogP contribution in [0.2, 0.25) is 0 Å². The lowest BCUT2D eigenvalue weighted by molar-refractivity contribution is 0.652. The summed E-state index contributed by atoms with van der Waals surface area (Å²) in [5.74, 6) is 0.951. The van der Waals surface area contributed by atoms with Crippen molar-refractivity contribution in [3.8, 4) is 61.6 Å². The van der Waals surface area contributed by atoms with E-state index in [4.69, 9.17) is 4.98 Å². The van der Waals surface area contributed by atoms with Crippen molar-refractivity contribution in [2.24, 2.45) is 0 Å². The van der Waals surface area contributed by atoms with E-state index in [1.165, 1.54) is 77.5 Å². The Morgan fingerprint density at radius 2 is 0.945 bits per heavy atom. The summed E-state index contributed by atoms with van der Waals surface area (Å²) in [4.78, 5) is 5.24. The van der Waals surface area contributed by atoms with Crippen LogP contribution in [0, 0.1) is 0 Å². The topological polar surface area (TPSA) is 17.8 Å². The summed E-state index contributed by atoms with van der Waals surface area (Å²) in [7, 11) is 0. The molecule has 262 valence electrons. The first kappa shape index (κ1) is 32.0. The van der Waals surface area contributed by atoms with Gasteiger partial charge in [0.2, 0.25) is 0 Å². The van der Waals surface area contributed by atoms with Crippen LogP contribution in [0.15, 0.2) is 170 Å². The molecule has 0 radical (unpaired) electrons. The maximum atomic E-state index is 5.24. The fraction of sp³-hybridized carbons (Fsp3) is 0.113. The molecule has 1 aromatic heterocycles. The number of rotatable bonds is 4. The molecule has 0 unspecified atom stereocenters. The summed E-state index contributed by atoms with van der Waals surface area (Å²) in [5, 5.41) is 2.58. The molecule has 0 fully saturated rings. The molecule has 0 N–H and O–H groups in total. The average molecular weight is 705 g/mol. The van der Waals surface area contributed by atoms with Crippen molar-refractivity contribution in [3.63, 3.8) is 0 Å². The third-order valence-electron chi connectivity index (χ3n) is 12.6. The standard InChI is InChI=1S/C53H40N2/c1-52(2)45-28-35(36-24-27-50-49(30-36)54-51(34-15-7-5-8-16-34)55(50)38-18-9-6-10-19-38)22-25-41(45)43-31-48-44(32-47(43)52)42-26-23-37(29-46(42)53(48,3)4)40-21-13-17-33-14-11-12-20-39(33)40/h5-32H,1-4H3. The van der Waals surface area contributed by atoms with E-state index in [2.05, 4.69) is 202 Å². The molecule has 2 aliphatic rings. The highest BCUT2D eigenvalue weighted by Crippen LogP contribution is 2.57. The van der Waals surface area contributed by atoms with Gasteiger partial charge in [-0.05, 0) is 126 Å². The first-order chi connectivity index (χ1) is 26.8. The number of hydrogen-bond acceptors (Lipinski definition) is 1. The summed E-state index contributed by atoms with van der Waals surface area (Å²) < 4.78 is 2.28. The normalized spacial score (nSPS) is 14.5. The number of fused-ring (bicyclic) bond motifs is 8. The minimum absolute atomic E-state index is 0.121. The van der Waals surface area contributed by atoms with Gasteiger partial charge < -0.3 is 0 Å².